The van der Waals surface area contributed by atoms with Crippen LogP contribution in [0.25, 0.3) is 27.7 Å². The zero-order valence-electron chi connectivity index (χ0n) is 22.2. The first-order chi connectivity index (χ1) is 20.0. The Kier molecular flexibility index (Phi) is 7.14. The number of pyridine rings is 1. The molecule has 3 aromatic heterocycles. The quantitative estimate of drug-likeness (QED) is 0.323. The minimum Gasteiger partial charge on any atom is -0.382 e. The van der Waals surface area contributed by atoms with Crippen molar-refractivity contribution >= 4 is 40.7 Å². The Balaban J connectivity index is 1.37. The first kappa shape index (κ1) is 26.2. The number of nitrogen functional groups attached to an aromatic ring is 1. The van der Waals surface area contributed by atoms with Gasteiger partial charge in [-0.25, -0.2) is 19.8 Å². The van der Waals surface area contributed by atoms with Crippen LogP contribution in [0.1, 0.15) is 53.5 Å². The van der Waals surface area contributed by atoms with E-state index in [1.165, 1.54) is 12.3 Å². The molecule has 4 heterocycles. The number of rotatable bonds is 3. The minimum absolute atomic E-state index is 0.00140. The Morgan fingerprint density at radius 2 is 2.05 bits per heavy atom. The fourth-order valence-electron chi connectivity index (χ4n) is 5.44. The van der Waals surface area contributed by atoms with Gasteiger partial charge in [0.25, 0.3) is 5.91 Å². The third-order valence-corrected chi connectivity index (χ3v) is 7.41. The summed E-state index contributed by atoms with van der Waals surface area (Å²) in [6, 6.07) is 10.3. The van der Waals surface area contributed by atoms with Crippen molar-refractivity contribution in [2.45, 2.75) is 37.6 Å². The summed E-state index contributed by atoms with van der Waals surface area (Å²) in [4.78, 5) is 42.3. The van der Waals surface area contributed by atoms with Gasteiger partial charge in [0, 0.05) is 35.7 Å². The van der Waals surface area contributed by atoms with E-state index in [0.29, 0.717) is 53.7 Å². The first-order valence-electron chi connectivity index (χ1n) is 13.5. The van der Waals surface area contributed by atoms with Gasteiger partial charge in [0.2, 0.25) is 5.91 Å². The molecule has 1 aromatic carbocycles. The summed E-state index contributed by atoms with van der Waals surface area (Å²) >= 11 is 0. The molecule has 0 radical (unpaired) electrons. The van der Waals surface area contributed by atoms with E-state index in [1.54, 1.807) is 24.4 Å². The third-order valence-electron chi connectivity index (χ3n) is 7.41. The molecule has 2 atom stereocenters. The van der Waals surface area contributed by atoms with Gasteiger partial charge in [-0.2, -0.15) is 0 Å². The molecule has 4 aromatic rings. The second-order valence-electron chi connectivity index (χ2n) is 10.1. The fourth-order valence-corrected chi connectivity index (χ4v) is 5.44. The highest BCUT2D eigenvalue weighted by molar-refractivity contribution is 6.04. The Hall–Kier alpha value is -5.08. The van der Waals surface area contributed by atoms with Crippen molar-refractivity contribution in [3.8, 4) is 11.3 Å². The molecule has 4 N–H and O–H groups in total. The third kappa shape index (κ3) is 5.37. The molecule has 2 aliphatic rings. The van der Waals surface area contributed by atoms with Crippen molar-refractivity contribution in [2.75, 3.05) is 24.3 Å². The monoisotopic (exact) mass is 548 g/mol. The summed E-state index contributed by atoms with van der Waals surface area (Å²) in [5.74, 6) is 1.31. The molecule has 0 saturated heterocycles. The number of nitrogens with two attached hydrogens (primary N) is 1. The van der Waals surface area contributed by atoms with E-state index in [4.69, 9.17) is 22.0 Å². The maximum absolute atomic E-state index is 12.9. The molecule has 11 heteroatoms. The predicted octanol–water partition coefficient (Wildman–Crippen LogP) is 4.36. The molecule has 11 nitrogen and oxygen atoms in total. The molecular formula is C30H28N8O3. The van der Waals surface area contributed by atoms with E-state index >= 15 is 0 Å². The molecule has 1 aliphatic heterocycles. The van der Waals surface area contributed by atoms with Gasteiger partial charge in [0.05, 0.1) is 31.7 Å². The summed E-state index contributed by atoms with van der Waals surface area (Å²) in [5.41, 5.74) is 10.3. The summed E-state index contributed by atoms with van der Waals surface area (Å²) in [7, 11) is 0. The van der Waals surface area contributed by atoms with Crippen molar-refractivity contribution < 1.29 is 14.3 Å². The Morgan fingerprint density at radius 1 is 1.20 bits per heavy atom. The van der Waals surface area contributed by atoms with Crippen molar-refractivity contribution in [2.24, 2.45) is 0 Å². The zero-order valence-corrected chi connectivity index (χ0v) is 22.2. The molecule has 1 saturated carbocycles. The number of nitrogens with zero attached hydrogens (tertiary/aromatic N) is 5. The van der Waals surface area contributed by atoms with E-state index in [9.17, 15) is 9.59 Å². The number of imidazole rings is 1. The topological polar surface area (TPSA) is 141 Å². The maximum Gasteiger partial charge on any atom is 0.256 e. The number of benzene rings is 1. The number of ether oxygens (including phenoxy) is 1. The lowest BCUT2D eigenvalue weighted by molar-refractivity contribution is -0.122. The highest BCUT2D eigenvalue weighted by Gasteiger charge is 2.32. The second-order valence-corrected chi connectivity index (χ2v) is 10.1. The molecule has 2 bridgehead atoms. The van der Waals surface area contributed by atoms with Crippen LogP contribution in [-0.2, 0) is 9.53 Å². The van der Waals surface area contributed by atoms with Crippen LogP contribution in [0.3, 0.4) is 0 Å². The predicted molar refractivity (Wildman–Crippen MR) is 154 cm³/mol. The van der Waals surface area contributed by atoms with Crippen LogP contribution >= 0.6 is 0 Å². The van der Waals surface area contributed by atoms with Gasteiger partial charge in [-0.1, -0.05) is 18.2 Å². The van der Waals surface area contributed by atoms with Gasteiger partial charge in [0.1, 0.15) is 28.7 Å². The lowest BCUT2D eigenvalue weighted by Crippen LogP contribution is -2.33. The number of carbonyl (C=O) groups excluding carboxylic acids is 2. The highest BCUT2D eigenvalue weighted by Crippen LogP contribution is 2.39. The van der Waals surface area contributed by atoms with Gasteiger partial charge in [-0.15, -0.1) is 0 Å². The second kappa shape index (κ2) is 11.2. The number of nitrogens with one attached hydrogen (secondary N) is 2. The molecule has 6 rings (SSSR count). The molecule has 0 spiro atoms. The van der Waals surface area contributed by atoms with Crippen LogP contribution in [0.15, 0.2) is 54.9 Å². The Labute approximate surface area is 236 Å². The van der Waals surface area contributed by atoms with Gasteiger partial charge >= 0.3 is 0 Å². The van der Waals surface area contributed by atoms with Crippen LogP contribution in [0, 0.1) is 6.57 Å². The van der Waals surface area contributed by atoms with Gasteiger partial charge in [0.15, 0.2) is 5.69 Å². The van der Waals surface area contributed by atoms with E-state index < -0.39 is 0 Å². The molecule has 2 amide bonds. The molecular weight excluding hydrogens is 520 g/mol. The van der Waals surface area contributed by atoms with E-state index in [-0.39, 0.29) is 23.8 Å². The highest BCUT2D eigenvalue weighted by atomic mass is 16.5. The minimum atomic E-state index is -0.339. The van der Waals surface area contributed by atoms with Gasteiger partial charge < -0.3 is 21.1 Å². The van der Waals surface area contributed by atoms with E-state index in [1.807, 2.05) is 24.3 Å². The van der Waals surface area contributed by atoms with Crippen LogP contribution in [-0.4, -0.2) is 50.4 Å². The summed E-state index contributed by atoms with van der Waals surface area (Å²) in [6.07, 6.45) is 9.91. The molecule has 0 unspecified atom stereocenters. The summed E-state index contributed by atoms with van der Waals surface area (Å²) in [6.45, 7) is 7.88. The number of fused-ring (bicyclic) bond motifs is 3. The fraction of sp³-hybridized carbons (Fsp3) is 0.267. The van der Waals surface area contributed by atoms with Crippen LogP contribution in [0.2, 0.25) is 0 Å². The van der Waals surface area contributed by atoms with Crippen LogP contribution < -0.4 is 16.4 Å². The lowest BCUT2D eigenvalue weighted by atomic mass is 10.1. The SMILES string of the molecule is [C-]#[N+]c1ccnc(NC(=O)c2ccc(-c3nc4n5c(cnc(N)c35)/C=C/COCCC(=O)N[C@@H]3CC[C@@H]4C3)cc2)c1. The number of carbonyl (C=O) groups is 2. The summed E-state index contributed by atoms with van der Waals surface area (Å²) in [5, 5.41) is 5.88. The normalized spacial score (nSPS) is 19.6. The average molecular weight is 549 g/mol. The molecule has 1 aliphatic carbocycles. The smallest absolute Gasteiger partial charge is 0.256 e. The van der Waals surface area contributed by atoms with Crippen molar-refractivity contribution in [3.63, 3.8) is 0 Å². The number of anilines is 2. The number of hydrogen-bond donors (Lipinski definition) is 3. The van der Waals surface area contributed by atoms with E-state index in [0.717, 1.165) is 36.3 Å². The van der Waals surface area contributed by atoms with Crippen LogP contribution in [0.4, 0.5) is 17.3 Å². The average Bonchev–Trinajstić information content (AvgIpc) is 3.61. The van der Waals surface area contributed by atoms with Crippen LogP contribution in [0.5, 0.6) is 0 Å². The largest absolute Gasteiger partial charge is 0.382 e. The maximum atomic E-state index is 12.9. The standard InChI is InChI=1S/C30H28N8O3/c1-32-21-10-12-33-24(16-21)36-30(40)19-6-4-18(5-7-19)26-27-28(31)34-17-23-3-2-13-41-14-11-25(39)35-22-9-8-20(15-22)29(37-26)38(23)27/h2-7,10,12,16-17,20,22H,8-9,11,13-15H2,(H2,31,34)(H,35,39)(H,33,36,40)/b3-2+/t20-,22-/m1/s1. The lowest BCUT2D eigenvalue weighted by Gasteiger charge is -2.15. The van der Waals surface area contributed by atoms with Gasteiger partial charge in [-0.05, 0) is 49.6 Å². The molecule has 41 heavy (non-hydrogen) atoms. The van der Waals surface area contributed by atoms with E-state index in [2.05, 4.69) is 29.8 Å². The molecule has 1 fully saturated rings. The number of amides is 2. The number of aromatic nitrogens is 4. The van der Waals surface area contributed by atoms with Crippen molar-refractivity contribution in [3.05, 3.63) is 83.4 Å². The first-order valence-corrected chi connectivity index (χ1v) is 13.5. The molecule has 206 valence electrons. The Morgan fingerprint density at radius 3 is 2.88 bits per heavy atom. The number of hydrogen-bond acceptors (Lipinski definition) is 7. The van der Waals surface area contributed by atoms with Gasteiger partial charge in [-0.3, -0.25) is 14.0 Å². The van der Waals surface area contributed by atoms with Crippen molar-refractivity contribution in [1.29, 1.82) is 0 Å². The zero-order chi connectivity index (χ0) is 28.3. The van der Waals surface area contributed by atoms with Crippen molar-refractivity contribution in [1.82, 2.24) is 24.7 Å². The summed E-state index contributed by atoms with van der Waals surface area (Å²) < 4.78 is 7.68. The Bertz CT molecular complexity index is 1700.